The first-order valence-corrected chi connectivity index (χ1v) is 8.75. The SMILES string of the molecule is O=C(c1ccc(C(F)(F)F)cc1)N1CCC(c2nnc(-c3ccco3)o2)CC1. The van der Waals surface area contributed by atoms with Crippen molar-refractivity contribution in [3.05, 3.63) is 59.7 Å². The van der Waals surface area contributed by atoms with Crippen LogP contribution in [-0.4, -0.2) is 34.1 Å². The van der Waals surface area contributed by atoms with Crippen LogP contribution < -0.4 is 0 Å². The molecular formula is C19H16F3N3O3. The number of benzene rings is 1. The van der Waals surface area contributed by atoms with Gasteiger partial charge in [-0.05, 0) is 49.2 Å². The molecule has 9 heteroatoms. The van der Waals surface area contributed by atoms with Crippen LogP contribution in [0.5, 0.6) is 0 Å². The van der Waals surface area contributed by atoms with Crippen LogP contribution >= 0.6 is 0 Å². The molecule has 1 amide bonds. The summed E-state index contributed by atoms with van der Waals surface area (Å²) in [6.45, 7) is 0.923. The van der Waals surface area contributed by atoms with Crippen molar-refractivity contribution in [2.75, 3.05) is 13.1 Å². The average Bonchev–Trinajstić information content (AvgIpc) is 3.38. The Morgan fingerprint density at radius 3 is 2.39 bits per heavy atom. The van der Waals surface area contributed by atoms with Crippen LogP contribution in [0.1, 0.15) is 40.6 Å². The van der Waals surface area contributed by atoms with Crippen LogP contribution in [0.25, 0.3) is 11.7 Å². The Labute approximate surface area is 158 Å². The number of hydrogen-bond acceptors (Lipinski definition) is 5. The summed E-state index contributed by atoms with van der Waals surface area (Å²) in [6, 6.07) is 7.73. The first-order valence-electron chi connectivity index (χ1n) is 8.75. The largest absolute Gasteiger partial charge is 0.459 e. The molecule has 28 heavy (non-hydrogen) atoms. The minimum Gasteiger partial charge on any atom is -0.459 e. The van der Waals surface area contributed by atoms with Crippen LogP contribution in [0, 0.1) is 0 Å². The number of rotatable bonds is 3. The molecule has 2 aromatic heterocycles. The number of hydrogen-bond donors (Lipinski definition) is 0. The van der Waals surface area contributed by atoms with Gasteiger partial charge in [0.15, 0.2) is 5.76 Å². The molecule has 0 N–H and O–H groups in total. The Bertz CT molecular complexity index is 941. The van der Waals surface area contributed by atoms with Crippen LogP contribution in [0.3, 0.4) is 0 Å². The van der Waals surface area contributed by atoms with Crippen molar-refractivity contribution in [2.24, 2.45) is 0 Å². The number of carbonyl (C=O) groups is 1. The van der Waals surface area contributed by atoms with E-state index in [0.29, 0.717) is 43.5 Å². The molecule has 1 saturated heterocycles. The number of amides is 1. The van der Waals surface area contributed by atoms with Gasteiger partial charge in [0.2, 0.25) is 5.89 Å². The maximum absolute atomic E-state index is 12.7. The van der Waals surface area contributed by atoms with E-state index in [9.17, 15) is 18.0 Å². The molecule has 0 aliphatic carbocycles. The second kappa shape index (κ2) is 7.14. The summed E-state index contributed by atoms with van der Waals surface area (Å²) < 4.78 is 48.8. The van der Waals surface area contributed by atoms with Crippen molar-refractivity contribution in [2.45, 2.75) is 24.9 Å². The van der Waals surface area contributed by atoms with E-state index in [1.807, 2.05) is 0 Å². The van der Waals surface area contributed by atoms with Gasteiger partial charge in [-0.25, -0.2) is 0 Å². The Hall–Kier alpha value is -3.10. The molecule has 3 heterocycles. The van der Waals surface area contributed by atoms with Crippen molar-refractivity contribution in [3.8, 4) is 11.7 Å². The highest BCUT2D eigenvalue weighted by Gasteiger charge is 2.31. The van der Waals surface area contributed by atoms with Gasteiger partial charge >= 0.3 is 6.18 Å². The molecule has 0 atom stereocenters. The highest BCUT2D eigenvalue weighted by molar-refractivity contribution is 5.94. The van der Waals surface area contributed by atoms with E-state index in [1.165, 1.54) is 18.4 Å². The third-order valence-electron chi connectivity index (χ3n) is 4.76. The molecule has 1 aromatic carbocycles. The molecular weight excluding hydrogens is 375 g/mol. The van der Waals surface area contributed by atoms with Gasteiger partial charge in [-0.3, -0.25) is 4.79 Å². The molecule has 0 radical (unpaired) electrons. The predicted octanol–water partition coefficient (Wildman–Crippen LogP) is 4.37. The molecule has 146 valence electrons. The summed E-state index contributed by atoms with van der Waals surface area (Å²) in [7, 11) is 0. The summed E-state index contributed by atoms with van der Waals surface area (Å²) in [5, 5.41) is 8.05. The lowest BCUT2D eigenvalue weighted by molar-refractivity contribution is -0.137. The van der Waals surface area contributed by atoms with E-state index in [1.54, 1.807) is 17.0 Å². The van der Waals surface area contributed by atoms with Gasteiger partial charge in [-0.1, -0.05) is 0 Å². The molecule has 0 saturated carbocycles. The number of halogens is 3. The van der Waals surface area contributed by atoms with Crippen molar-refractivity contribution in [3.63, 3.8) is 0 Å². The Kier molecular flexibility index (Phi) is 4.66. The molecule has 4 rings (SSSR count). The molecule has 1 aliphatic rings. The fourth-order valence-corrected chi connectivity index (χ4v) is 3.21. The summed E-state index contributed by atoms with van der Waals surface area (Å²) in [4.78, 5) is 14.2. The van der Waals surface area contributed by atoms with Gasteiger partial charge in [-0.15, -0.1) is 10.2 Å². The number of carbonyl (C=O) groups excluding carboxylic acids is 1. The smallest absolute Gasteiger partial charge is 0.416 e. The van der Waals surface area contributed by atoms with E-state index >= 15 is 0 Å². The molecule has 3 aromatic rings. The van der Waals surface area contributed by atoms with E-state index in [2.05, 4.69) is 10.2 Å². The summed E-state index contributed by atoms with van der Waals surface area (Å²) in [5.74, 6) is 1.03. The van der Waals surface area contributed by atoms with Gasteiger partial charge in [0.25, 0.3) is 11.8 Å². The van der Waals surface area contributed by atoms with Gasteiger partial charge in [0, 0.05) is 24.6 Å². The van der Waals surface area contributed by atoms with E-state index < -0.39 is 11.7 Å². The highest BCUT2D eigenvalue weighted by Crippen LogP contribution is 2.31. The van der Waals surface area contributed by atoms with Crippen molar-refractivity contribution in [1.29, 1.82) is 0 Å². The predicted molar refractivity (Wildman–Crippen MR) is 91.3 cm³/mol. The van der Waals surface area contributed by atoms with Crippen LogP contribution in [0.4, 0.5) is 13.2 Å². The zero-order chi connectivity index (χ0) is 19.7. The standard InChI is InChI=1S/C19H16F3N3O3/c20-19(21,22)14-5-3-13(4-6-14)18(26)25-9-7-12(8-10-25)16-23-24-17(28-16)15-2-1-11-27-15/h1-6,11-12H,7-10H2. The first kappa shape index (κ1) is 18.3. The zero-order valence-corrected chi connectivity index (χ0v) is 14.6. The number of likely N-dealkylation sites (tertiary alicyclic amines) is 1. The van der Waals surface area contributed by atoms with E-state index in [4.69, 9.17) is 8.83 Å². The maximum Gasteiger partial charge on any atom is 0.416 e. The summed E-state index contributed by atoms with van der Waals surface area (Å²) >= 11 is 0. The van der Waals surface area contributed by atoms with E-state index in [0.717, 1.165) is 12.1 Å². The quantitative estimate of drug-likeness (QED) is 0.663. The number of alkyl halides is 3. The number of nitrogens with zero attached hydrogens (tertiary/aromatic N) is 3. The number of aromatic nitrogens is 2. The normalized spacial score (nSPS) is 15.8. The molecule has 1 fully saturated rings. The second-order valence-electron chi connectivity index (χ2n) is 6.56. The van der Waals surface area contributed by atoms with Crippen LogP contribution in [-0.2, 0) is 6.18 Å². The lowest BCUT2D eigenvalue weighted by Crippen LogP contribution is -2.38. The number of furan rings is 1. The molecule has 1 aliphatic heterocycles. The second-order valence-corrected chi connectivity index (χ2v) is 6.56. The Morgan fingerprint density at radius 1 is 1.07 bits per heavy atom. The van der Waals surface area contributed by atoms with Gasteiger partial charge in [0.1, 0.15) is 0 Å². The fraction of sp³-hybridized carbons (Fsp3) is 0.316. The molecule has 0 unspecified atom stereocenters. The van der Waals surface area contributed by atoms with Crippen LogP contribution in [0.2, 0.25) is 0 Å². The van der Waals surface area contributed by atoms with Crippen molar-refractivity contribution in [1.82, 2.24) is 15.1 Å². The molecule has 0 bridgehead atoms. The first-order chi connectivity index (χ1) is 13.4. The zero-order valence-electron chi connectivity index (χ0n) is 14.6. The molecule has 0 spiro atoms. The average molecular weight is 391 g/mol. The van der Waals surface area contributed by atoms with E-state index in [-0.39, 0.29) is 17.4 Å². The summed E-state index contributed by atoms with van der Waals surface area (Å²) in [6.07, 6.45) is -1.64. The molecule has 6 nitrogen and oxygen atoms in total. The third-order valence-corrected chi connectivity index (χ3v) is 4.76. The Balaban J connectivity index is 1.38. The lowest BCUT2D eigenvalue weighted by atomic mass is 9.96. The highest BCUT2D eigenvalue weighted by atomic mass is 19.4. The van der Waals surface area contributed by atoms with Gasteiger partial charge in [-0.2, -0.15) is 13.2 Å². The fourth-order valence-electron chi connectivity index (χ4n) is 3.21. The monoisotopic (exact) mass is 391 g/mol. The van der Waals surface area contributed by atoms with Crippen LogP contribution in [0.15, 0.2) is 51.5 Å². The minimum atomic E-state index is -4.42. The Morgan fingerprint density at radius 2 is 1.79 bits per heavy atom. The maximum atomic E-state index is 12.7. The number of piperidine rings is 1. The van der Waals surface area contributed by atoms with Gasteiger partial charge in [0.05, 0.1) is 11.8 Å². The van der Waals surface area contributed by atoms with Gasteiger partial charge < -0.3 is 13.7 Å². The minimum absolute atomic E-state index is 0.0212. The topological polar surface area (TPSA) is 72.4 Å². The van der Waals surface area contributed by atoms with Crippen molar-refractivity contribution >= 4 is 5.91 Å². The lowest BCUT2D eigenvalue weighted by Gasteiger charge is -2.30. The third kappa shape index (κ3) is 3.64. The summed E-state index contributed by atoms with van der Waals surface area (Å²) in [5.41, 5.74) is -0.532. The van der Waals surface area contributed by atoms with Crippen molar-refractivity contribution < 1.29 is 26.8 Å².